The zero-order valence-corrected chi connectivity index (χ0v) is 16.1. The minimum Gasteiger partial charge on any atom is -0.317 e. The van der Waals surface area contributed by atoms with Crippen molar-refractivity contribution in [2.45, 2.75) is 42.9 Å². The molecule has 0 amide bonds. The highest BCUT2D eigenvalue weighted by Gasteiger charge is 2.29. The number of nitrogens with zero attached hydrogens (tertiary/aromatic N) is 1. The number of halogens is 1. The summed E-state index contributed by atoms with van der Waals surface area (Å²) in [6, 6.07) is 3.50. The Balaban J connectivity index is 2.22. The van der Waals surface area contributed by atoms with Crippen molar-refractivity contribution in [1.29, 1.82) is 0 Å². The molecule has 1 aromatic carbocycles. The van der Waals surface area contributed by atoms with E-state index in [1.807, 2.05) is 7.05 Å². The predicted octanol–water partition coefficient (Wildman–Crippen LogP) is 1.35. The predicted molar refractivity (Wildman–Crippen MR) is 94.9 cm³/mol. The molecule has 25 heavy (non-hydrogen) atoms. The van der Waals surface area contributed by atoms with Crippen LogP contribution in [0.4, 0.5) is 10.1 Å². The van der Waals surface area contributed by atoms with E-state index in [0.29, 0.717) is 25.9 Å². The lowest BCUT2D eigenvalue weighted by molar-refractivity contribution is 0.298. The molecule has 1 aliphatic rings. The lowest BCUT2D eigenvalue weighted by atomic mass is 10.1. The fraction of sp³-hybridized carbons (Fsp3) is 0.600. The third kappa shape index (κ3) is 4.49. The summed E-state index contributed by atoms with van der Waals surface area (Å²) in [7, 11) is -5.68. The van der Waals surface area contributed by atoms with Crippen LogP contribution >= 0.6 is 0 Å². The highest BCUT2D eigenvalue weighted by atomic mass is 32.2. The maximum Gasteiger partial charge on any atom is 0.243 e. The first-order valence-electron chi connectivity index (χ1n) is 8.06. The number of nitrogens with one attached hydrogen (secondary N) is 2. The lowest BCUT2D eigenvalue weighted by Crippen LogP contribution is -2.43. The van der Waals surface area contributed by atoms with Gasteiger partial charge in [0.15, 0.2) is 0 Å². The van der Waals surface area contributed by atoms with Gasteiger partial charge in [-0.2, -0.15) is 4.31 Å². The van der Waals surface area contributed by atoms with E-state index in [1.54, 1.807) is 0 Å². The molecule has 1 fully saturated rings. The molecule has 0 unspecified atom stereocenters. The SMILES string of the molecule is CNC1CCN(S(=O)(=O)c2ccc(NS(=O)(=O)C(C)C)c(F)c2)CC1. The molecule has 7 nitrogen and oxygen atoms in total. The molecular formula is C15H24FN3O4S2. The molecule has 0 aliphatic carbocycles. The molecular weight excluding hydrogens is 369 g/mol. The van der Waals surface area contributed by atoms with Gasteiger partial charge in [0.1, 0.15) is 5.82 Å². The fourth-order valence-corrected chi connectivity index (χ4v) is 4.73. The van der Waals surface area contributed by atoms with Crippen molar-refractivity contribution in [2.75, 3.05) is 24.9 Å². The Morgan fingerprint density at radius 2 is 1.76 bits per heavy atom. The summed E-state index contributed by atoms with van der Waals surface area (Å²) in [6.07, 6.45) is 1.37. The van der Waals surface area contributed by atoms with Gasteiger partial charge in [0.2, 0.25) is 20.0 Å². The van der Waals surface area contributed by atoms with Gasteiger partial charge in [0.25, 0.3) is 0 Å². The average molecular weight is 394 g/mol. The Kier molecular flexibility index (Phi) is 6.08. The van der Waals surface area contributed by atoms with Crippen LogP contribution < -0.4 is 10.0 Å². The van der Waals surface area contributed by atoms with Gasteiger partial charge >= 0.3 is 0 Å². The van der Waals surface area contributed by atoms with E-state index in [-0.39, 0.29) is 16.6 Å². The van der Waals surface area contributed by atoms with Crippen molar-refractivity contribution < 1.29 is 21.2 Å². The van der Waals surface area contributed by atoms with E-state index in [9.17, 15) is 21.2 Å². The molecule has 0 bridgehead atoms. The summed E-state index contributed by atoms with van der Waals surface area (Å²) in [5.74, 6) is -0.921. The Morgan fingerprint density at radius 1 is 1.16 bits per heavy atom. The molecule has 0 radical (unpaired) electrons. The molecule has 0 aromatic heterocycles. The van der Waals surface area contributed by atoms with Crippen LogP contribution in [0.15, 0.2) is 23.1 Å². The van der Waals surface area contributed by atoms with Gasteiger partial charge in [-0.25, -0.2) is 21.2 Å². The molecule has 0 spiro atoms. The van der Waals surface area contributed by atoms with Crippen LogP contribution in [0.3, 0.4) is 0 Å². The lowest BCUT2D eigenvalue weighted by Gasteiger charge is -2.31. The molecule has 142 valence electrons. The Hall–Kier alpha value is -1.23. The third-order valence-corrected chi connectivity index (χ3v) is 7.95. The normalized spacial score (nSPS) is 17.8. The minimum atomic E-state index is -3.80. The monoisotopic (exact) mass is 393 g/mol. The first-order chi connectivity index (χ1) is 11.6. The molecule has 0 atom stereocenters. The summed E-state index contributed by atoms with van der Waals surface area (Å²) >= 11 is 0. The first-order valence-corrected chi connectivity index (χ1v) is 11.0. The zero-order chi connectivity index (χ0) is 18.8. The fourth-order valence-electron chi connectivity index (χ4n) is 2.54. The molecule has 1 saturated heterocycles. The molecule has 1 aliphatic heterocycles. The largest absolute Gasteiger partial charge is 0.317 e. The zero-order valence-electron chi connectivity index (χ0n) is 14.5. The standard InChI is InChI=1S/C15H24FN3O4S2/c1-11(2)24(20,21)18-15-5-4-13(10-14(15)16)25(22,23)19-8-6-12(17-3)7-9-19/h4-5,10-12,17-18H,6-9H2,1-3H3. The second-order valence-corrected chi connectivity index (χ2v) is 10.5. The van der Waals surface area contributed by atoms with Gasteiger partial charge in [-0.1, -0.05) is 0 Å². The van der Waals surface area contributed by atoms with Crippen LogP contribution in [0.1, 0.15) is 26.7 Å². The smallest absolute Gasteiger partial charge is 0.243 e. The Morgan fingerprint density at radius 3 is 2.24 bits per heavy atom. The highest BCUT2D eigenvalue weighted by molar-refractivity contribution is 7.93. The van der Waals surface area contributed by atoms with Crippen LogP contribution in [0, 0.1) is 5.82 Å². The average Bonchev–Trinajstić information content (AvgIpc) is 2.56. The maximum atomic E-state index is 14.2. The Labute approximate surface area is 148 Å². The van der Waals surface area contributed by atoms with Crippen LogP contribution in [0.2, 0.25) is 0 Å². The molecule has 0 saturated carbocycles. The molecule has 1 heterocycles. The number of piperidine rings is 1. The van der Waals surface area contributed by atoms with Crippen molar-refractivity contribution in [3.05, 3.63) is 24.0 Å². The van der Waals surface area contributed by atoms with Crippen LogP contribution in [0.25, 0.3) is 0 Å². The van der Waals surface area contributed by atoms with Crippen molar-refractivity contribution >= 4 is 25.7 Å². The second kappa shape index (κ2) is 7.56. The highest BCUT2D eigenvalue weighted by Crippen LogP contribution is 2.25. The molecule has 2 rings (SSSR count). The van der Waals surface area contributed by atoms with E-state index < -0.39 is 31.1 Å². The first kappa shape index (κ1) is 20.1. The van der Waals surface area contributed by atoms with E-state index >= 15 is 0 Å². The molecule has 2 N–H and O–H groups in total. The number of benzene rings is 1. The second-order valence-electron chi connectivity index (χ2n) is 6.30. The van der Waals surface area contributed by atoms with E-state index in [2.05, 4.69) is 10.0 Å². The summed E-state index contributed by atoms with van der Waals surface area (Å²) in [5.41, 5.74) is -0.262. The number of hydrogen-bond acceptors (Lipinski definition) is 5. The van der Waals surface area contributed by atoms with Gasteiger partial charge in [-0.3, -0.25) is 4.72 Å². The number of anilines is 1. The minimum absolute atomic E-state index is 0.180. The maximum absolute atomic E-state index is 14.2. The van der Waals surface area contributed by atoms with Gasteiger partial charge < -0.3 is 5.32 Å². The van der Waals surface area contributed by atoms with Gasteiger partial charge in [0, 0.05) is 19.1 Å². The van der Waals surface area contributed by atoms with Crippen LogP contribution in [-0.2, 0) is 20.0 Å². The molecule has 10 heteroatoms. The summed E-state index contributed by atoms with van der Waals surface area (Å²) < 4.78 is 66.6. The van der Waals surface area contributed by atoms with Gasteiger partial charge in [-0.15, -0.1) is 0 Å². The Bertz CT molecular complexity index is 817. The molecule has 1 aromatic rings. The third-order valence-electron chi connectivity index (χ3n) is 4.31. The summed E-state index contributed by atoms with van der Waals surface area (Å²) in [6.45, 7) is 3.65. The number of rotatable bonds is 6. The van der Waals surface area contributed by atoms with Gasteiger partial charge in [-0.05, 0) is 51.9 Å². The van der Waals surface area contributed by atoms with Crippen molar-refractivity contribution in [2.24, 2.45) is 0 Å². The summed E-state index contributed by atoms with van der Waals surface area (Å²) in [4.78, 5) is -0.180. The summed E-state index contributed by atoms with van der Waals surface area (Å²) in [5, 5.41) is 2.38. The van der Waals surface area contributed by atoms with E-state index in [1.165, 1.54) is 24.2 Å². The number of sulfonamides is 2. The number of hydrogen-bond donors (Lipinski definition) is 2. The van der Waals surface area contributed by atoms with Crippen LogP contribution in [0.5, 0.6) is 0 Å². The van der Waals surface area contributed by atoms with Crippen molar-refractivity contribution in [3.8, 4) is 0 Å². The van der Waals surface area contributed by atoms with Crippen molar-refractivity contribution in [1.82, 2.24) is 9.62 Å². The van der Waals surface area contributed by atoms with Gasteiger partial charge in [0.05, 0.1) is 15.8 Å². The van der Waals surface area contributed by atoms with Crippen LogP contribution in [-0.4, -0.2) is 52.6 Å². The van der Waals surface area contributed by atoms with Crippen molar-refractivity contribution in [3.63, 3.8) is 0 Å². The topological polar surface area (TPSA) is 95.6 Å². The van der Waals surface area contributed by atoms with E-state index in [0.717, 1.165) is 12.1 Å². The van der Waals surface area contributed by atoms with E-state index in [4.69, 9.17) is 0 Å². The quantitative estimate of drug-likeness (QED) is 0.761.